The van der Waals surface area contributed by atoms with Crippen molar-refractivity contribution in [2.45, 2.75) is 25.4 Å². The predicted octanol–water partition coefficient (Wildman–Crippen LogP) is 1.43. The van der Waals surface area contributed by atoms with Crippen molar-refractivity contribution in [1.82, 2.24) is 24.5 Å². The van der Waals surface area contributed by atoms with E-state index in [1.54, 1.807) is 31.4 Å². The van der Waals surface area contributed by atoms with Crippen LogP contribution in [0.2, 0.25) is 0 Å². The highest BCUT2D eigenvalue weighted by atomic mass is 16.2. The lowest BCUT2D eigenvalue weighted by atomic mass is 10.1. The van der Waals surface area contributed by atoms with Gasteiger partial charge < -0.3 is 4.90 Å². The molecule has 2 aromatic heterocycles. The van der Waals surface area contributed by atoms with Gasteiger partial charge in [0.25, 0.3) is 11.5 Å². The minimum absolute atomic E-state index is 0.0881. The van der Waals surface area contributed by atoms with Crippen LogP contribution in [0.4, 0.5) is 0 Å². The Balaban J connectivity index is 1.72. The van der Waals surface area contributed by atoms with Crippen LogP contribution in [-0.4, -0.2) is 43.0 Å². The number of carbonyl (C=O) groups excluding carboxylic acids is 1. The van der Waals surface area contributed by atoms with E-state index < -0.39 is 0 Å². The molecular formula is C18H19N5O2. The van der Waals surface area contributed by atoms with Crippen molar-refractivity contribution in [2.24, 2.45) is 7.05 Å². The van der Waals surface area contributed by atoms with Gasteiger partial charge in [0.2, 0.25) is 0 Å². The fraction of sp³-hybridized carbons (Fsp3) is 0.333. The van der Waals surface area contributed by atoms with E-state index in [2.05, 4.69) is 10.2 Å². The number of benzene rings is 1. The lowest BCUT2D eigenvalue weighted by molar-refractivity contribution is 0.0715. The first kappa shape index (κ1) is 15.6. The monoisotopic (exact) mass is 337 g/mol. The van der Waals surface area contributed by atoms with Crippen molar-refractivity contribution in [3.8, 4) is 0 Å². The smallest absolute Gasteiger partial charge is 0.275 e. The molecule has 1 aliphatic heterocycles. The second kappa shape index (κ2) is 6.16. The van der Waals surface area contributed by atoms with Crippen molar-refractivity contribution in [1.29, 1.82) is 0 Å². The molecule has 4 rings (SSSR count). The van der Waals surface area contributed by atoms with Gasteiger partial charge in [0.05, 0.1) is 18.0 Å². The van der Waals surface area contributed by atoms with E-state index in [4.69, 9.17) is 0 Å². The molecule has 3 heterocycles. The number of amides is 1. The number of nitrogens with zero attached hydrogens (tertiary/aromatic N) is 5. The number of carbonyl (C=O) groups is 1. The van der Waals surface area contributed by atoms with E-state index in [9.17, 15) is 9.59 Å². The summed E-state index contributed by atoms with van der Waals surface area (Å²) in [5.41, 5.74) is 0.145. The van der Waals surface area contributed by atoms with Gasteiger partial charge in [-0.3, -0.25) is 14.3 Å². The lowest BCUT2D eigenvalue weighted by Gasteiger charge is -2.25. The highest BCUT2D eigenvalue weighted by Crippen LogP contribution is 2.23. The molecule has 0 spiro atoms. The molecule has 0 saturated carbocycles. The maximum Gasteiger partial charge on any atom is 0.275 e. The summed E-state index contributed by atoms with van der Waals surface area (Å²) in [5.74, 6) is -0.124. The second-order valence-electron chi connectivity index (χ2n) is 6.35. The topological polar surface area (TPSA) is 73.0 Å². The summed E-state index contributed by atoms with van der Waals surface area (Å²) in [7, 11) is 1.58. The molecule has 0 aliphatic carbocycles. The molecule has 25 heavy (non-hydrogen) atoms. The van der Waals surface area contributed by atoms with Crippen LogP contribution in [0, 0.1) is 0 Å². The lowest BCUT2D eigenvalue weighted by Crippen LogP contribution is -2.39. The molecule has 0 N–H and O–H groups in total. The van der Waals surface area contributed by atoms with Gasteiger partial charge in [0.1, 0.15) is 0 Å². The van der Waals surface area contributed by atoms with Crippen LogP contribution >= 0.6 is 0 Å². The van der Waals surface area contributed by atoms with E-state index in [1.165, 1.54) is 4.68 Å². The minimum atomic E-state index is -0.193. The molecule has 1 fully saturated rings. The Labute approximate surface area is 144 Å². The van der Waals surface area contributed by atoms with Crippen molar-refractivity contribution >= 4 is 16.7 Å². The van der Waals surface area contributed by atoms with Crippen molar-refractivity contribution in [2.75, 3.05) is 6.54 Å². The summed E-state index contributed by atoms with van der Waals surface area (Å²) in [6.45, 7) is 1.37. The van der Waals surface area contributed by atoms with Gasteiger partial charge >= 0.3 is 0 Å². The Bertz CT molecular complexity index is 977. The fourth-order valence-electron chi connectivity index (χ4n) is 3.51. The summed E-state index contributed by atoms with van der Waals surface area (Å²) in [6, 6.07) is 9.12. The van der Waals surface area contributed by atoms with Crippen LogP contribution in [0.3, 0.4) is 0 Å². The zero-order chi connectivity index (χ0) is 17.4. The third kappa shape index (κ3) is 2.71. The van der Waals surface area contributed by atoms with Gasteiger partial charge in [-0.25, -0.2) is 4.68 Å². The number of fused-ring (bicyclic) bond motifs is 1. The summed E-state index contributed by atoms with van der Waals surface area (Å²) < 4.78 is 3.09. The number of likely N-dealkylation sites (tertiary alicyclic amines) is 1. The predicted molar refractivity (Wildman–Crippen MR) is 93.3 cm³/mol. The molecule has 0 radical (unpaired) electrons. The number of hydrogen-bond donors (Lipinski definition) is 0. The molecule has 3 aromatic rings. The standard InChI is InChI=1S/C18H19N5O2/c1-21-17(24)15-8-3-2-7-14(15)16(20-21)18(25)23-11-4-6-13(23)12-22-10-5-9-19-22/h2-3,5,7-10,13H,4,6,11-12H2,1H3/t13-/m0/s1. The van der Waals surface area contributed by atoms with Crippen LogP contribution in [0.15, 0.2) is 47.5 Å². The summed E-state index contributed by atoms with van der Waals surface area (Å²) >= 11 is 0. The van der Waals surface area contributed by atoms with E-state index in [0.29, 0.717) is 29.6 Å². The van der Waals surface area contributed by atoms with Crippen molar-refractivity contribution < 1.29 is 4.79 Å². The summed E-state index contributed by atoms with van der Waals surface area (Å²) in [4.78, 5) is 27.3. The largest absolute Gasteiger partial charge is 0.332 e. The Morgan fingerprint density at radius 3 is 2.80 bits per heavy atom. The SMILES string of the molecule is Cn1nc(C(=O)N2CCC[C@H]2Cn2cccn2)c2ccccc2c1=O. The van der Waals surface area contributed by atoms with Gasteiger partial charge in [0, 0.05) is 31.4 Å². The third-order valence-electron chi connectivity index (χ3n) is 4.75. The maximum atomic E-state index is 13.2. The number of rotatable bonds is 3. The third-order valence-corrected chi connectivity index (χ3v) is 4.75. The van der Waals surface area contributed by atoms with Crippen molar-refractivity contribution in [3.63, 3.8) is 0 Å². The van der Waals surface area contributed by atoms with Crippen LogP contribution < -0.4 is 5.56 Å². The van der Waals surface area contributed by atoms with Gasteiger partial charge in [-0.1, -0.05) is 18.2 Å². The normalized spacial score (nSPS) is 17.3. The first-order valence-corrected chi connectivity index (χ1v) is 8.39. The van der Waals surface area contributed by atoms with Crippen LogP contribution in [0.25, 0.3) is 10.8 Å². The molecule has 1 saturated heterocycles. The molecule has 1 atom stereocenters. The van der Waals surface area contributed by atoms with Crippen molar-refractivity contribution in [3.05, 3.63) is 58.8 Å². The quantitative estimate of drug-likeness (QED) is 0.725. The Morgan fingerprint density at radius 1 is 1.24 bits per heavy atom. The van der Waals surface area contributed by atoms with Gasteiger partial charge in [0.15, 0.2) is 5.69 Å². The number of hydrogen-bond acceptors (Lipinski definition) is 4. The highest BCUT2D eigenvalue weighted by Gasteiger charge is 2.31. The average molecular weight is 337 g/mol. The maximum absolute atomic E-state index is 13.2. The first-order chi connectivity index (χ1) is 12.1. The van der Waals surface area contributed by atoms with Gasteiger partial charge in [-0.15, -0.1) is 0 Å². The summed E-state index contributed by atoms with van der Waals surface area (Å²) in [5, 5.41) is 9.64. The number of aryl methyl sites for hydroxylation is 1. The Morgan fingerprint density at radius 2 is 2.04 bits per heavy atom. The van der Waals surface area contributed by atoms with E-state index in [-0.39, 0.29) is 17.5 Å². The molecule has 0 bridgehead atoms. The molecule has 1 aliphatic rings. The average Bonchev–Trinajstić information content (AvgIpc) is 3.30. The van der Waals surface area contributed by atoms with E-state index in [1.807, 2.05) is 27.9 Å². The molecule has 0 unspecified atom stereocenters. The Kier molecular flexibility index (Phi) is 3.83. The minimum Gasteiger partial charge on any atom is -0.332 e. The first-order valence-electron chi connectivity index (χ1n) is 8.39. The molecule has 7 heteroatoms. The van der Waals surface area contributed by atoms with Crippen LogP contribution in [0.1, 0.15) is 23.3 Å². The van der Waals surface area contributed by atoms with Gasteiger partial charge in [-0.2, -0.15) is 10.2 Å². The Hall–Kier alpha value is -2.96. The molecule has 1 amide bonds. The fourth-order valence-corrected chi connectivity index (χ4v) is 3.51. The van der Waals surface area contributed by atoms with E-state index in [0.717, 1.165) is 12.8 Å². The summed E-state index contributed by atoms with van der Waals surface area (Å²) in [6.07, 6.45) is 5.54. The molecular weight excluding hydrogens is 318 g/mol. The van der Waals surface area contributed by atoms with Gasteiger partial charge in [-0.05, 0) is 25.0 Å². The van der Waals surface area contributed by atoms with Crippen LogP contribution in [-0.2, 0) is 13.6 Å². The number of aromatic nitrogens is 4. The zero-order valence-corrected chi connectivity index (χ0v) is 14.0. The molecule has 7 nitrogen and oxygen atoms in total. The van der Waals surface area contributed by atoms with Crippen LogP contribution in [0.5, 0.6) is 0 Å². The van der Waals surface area contributed by atoms with E-state index >= 15 is 0 Å². The molecule has 1 aromatic carbocycles. The second-order valence-corrected chi connectivity index (χ2v) is 6.35. The zero-order valence-electron chi connectivity index (χ0n) is 14.0. The molecule has 128 valence electrons. The highest BCUT2D eigenvalue weighted by molar-refractivity contribution is 6.04.